The largest absolute Gasteiger partial charge is 0.325 e. The smallest absolute Gasteiger partial charge is 0.241 e. The molecule has 1 rings (SSSR count). The molecular formula is C15H21BrN2O. The molecule has 0 radical (unpaired) electrons. The molecule has 0 saturated heterocycles. The van der Waals surface area contributed by atoms with E-state index in [4.69, 9.17) is 0 Å². The van der Waals surface area contributed by atoms with Crippen molar-refractivity contribution in [1.82, 2.24) is 4.90 Å². The summed E-state index contributed by atoms with van der Waals surface area (Å²) in [6.45, 7) is 11.4. The molecule has 0 saturated carbocycles. The first kappa shape index (κ1) is 15.9. The Labute approximate surface area is 123 Å². The molecule has 0 aliphatic heterocycles. The Morgan fingerprint density at radius 1 is 1.42 bits per heavy atom. The maximum Gasteiger partial charge on any atom is 0.241 e. The predicted molar refractivity (Wildman–Crippen MR) is 84.3 cm³/mol. The van der Waals surface area contributed by atoms with Crippen LogP contribution in [0.3, 0.4) is 0 Å². The van der Waals surface area contributed by atoms with Crippen LogP contribution in [0.25, 0.3) is 0 Å². The van der Waals surface area contributed by atoms with Crippen LogP contribution in [0.15, 0.2) is 40.9 Å². The third kappa shape index (κ3) is 5.17. The fraction of sp³-hybridized carbons (Fsp3) is 0.400. The van der Waals surface area contributed by atoms with Crippen molar-refractivity contribution < 1.29 is 4.79 Å². The van der Waals surface area contributed by atoms with E-state index in [1.165, 1.54) is 0 Å². The van der Waals surface area contributed by atoms with Crippen LogP contribution in [0.5, 0.6) is 0 Å². The van der Waals surface area contributed by atoms with Crippen molar-refractivity contribution in [2.45, 2.75) is 26.8 Å². The Morgan fingerprint density at radius 2 is 2.00 bits per heavy atom. The Kier molecular flexibility index (Phi) is 6.25. The van der Waals surface area contributed by atoms with Crippen molar-refractivity contribution >= 4 is 27.5 Å². The molecule has 1 amide bonds. The average molecular weight is 325 g/mol. The minimum Gasteiger partial charge on any atom is -0.325 e. The summed E-state index contributed by atoms with van der Waals surface area (Å²) in [6, 6.07) is 7.40. The molecule has 0 fully saturated rings. The van der Waals surface area contributed by atoms with Crippen molar-refractivity contribution in [3.8, 4) is 0 Å². The SMILES string of the molecule is C=C(C)CN(CC)C(C)C(=O)Nc1ccc(Br)cc1. The molecule has 3 nitrogen and oxygen atoms in total. The van der Waals surface area contributed by atoms with Gasteiger partial charge in [-0.3, -0.25) is 9.69 Å². The number of likely N-dealkylation sites (N-methyl/N-ethyl adjacent to an activating group) is 1. The number of nitrogens with one attached hydrogen (secondary N) is 1. The van der Waals surface area contributed by atoms with E-state index in [-0.39, 0.29) is 11.9 Å². The Hall–Kier alpha value is -1.13. The van der Waals surface area contributed by atoms with Crippen molar-refractivity contribution in [2.75, 3.05) is 18.4 Å². The van der Waals surface area contributed by atoms with Gasteiger partial charge in [0.2, 0.25) is 5.91 Å². The Balaban J connectivity index is 2.65. The molecule has 0 aromatic heterocycles. The summed E-state index contributed by atoms with van der Waals surface area (Å²) in [5.41, 5.74) is 1.87. The fourth-order valence-electron chi connectivity index (χ4n) is 1.82. The second-order valence-corrected chi connectivity index (χ2v) is 5.61. The van der Waals surface area contributed by atoms with Gasteiger partial charge in [0.15, 0.2) is 0 Å². The lowest BCUT2D eigenvalue weighted by atomic mass is 10.2. The number of carbonyl (C=O) groups excluding carboxylic acids is 1. The highest BCUT2D eigenvalue weighted by Gasteiger charge is 2.19. The van der Waals surface area contributed by atoms with Gasteiger partial charge < -0.3 is 5.32 Å². The quantitative estimate of drug-likeness (QED) is 0.809. The van der Waals surface area contributed by atoms with E-state index in [9.17, 15) is 4.79 Å². The molecule has 0 aliphatic rings. The van der Waals surface area contributed by atoms with Gasteiger partial charge in [0.25, 0.3) is 0 Å². The monoisotopic (exact) mass is 324 g/mol. The molecule has 0 bridgehead atoms. The third-order valence-electron chi connectivity index (χ3n) is 2.92. The van der Waals surface area contributed by atoms with E-state index in [1.807, 2.05) is 45.0 Å². The zero-order valence-electron chi connectivity index (χ0n) is 11.7. The lowest BCUT2D eigenvalue weighted by Crippen LogP contribution is -2.42. The molecule has 1 aromatic carbocycles. The minimum atomic E-state index is -0.176. The van der Waals surface area contributed by atoms with Gasteiger partial charge in [-0.15, -0.1) is 0 Å². The highest BCUT2D eigenvalue weighted by molar-refractivity contribution is 9.10. The third-order valence-corrected chi connectivity index (χ3v) is 3.45. The molecule has 0 spiro atoms. The van der Waals surface area contributed by atoms with Gasteiger partial charge in [0.1, 0.15) is 0 Å². The number of hydrogen-bond donors (Lipinski definition) is 1. The summed E-state index contributed by atoms with van der Waals surface area (Å²) in [6.07, 6.45) is 0. The van der Waals surface area contributed by atoms with Gasteiger partial charge in [-0.1, -0.05) is 35.0 Å². The molecule has 19 heavy (non-hydrogen) atoms. The molecule has 4 heteroatoms. The number of hydrogen-bond acceptors (Lipinski definition) is 2. The first-order chi connectivity index (χ1) is 8.93. The van der Waals surface area contributed by atoms with E-state index in [0.29, 0.717) is 0 Å². The maximum absolute atomic E-state index is 12.2. The number of carbonyl (C=O) groups is 1. The number of anilines is 1. The number of nitrogens with zero attached hydrogens (tertiary/aromatic N) is 1. The van der Waals surface area contributed by atoms with Crippen LogP contribution in [0.1, 0.15) is 20.8 Å². The topological polar surface area (TPSA) is 32.3 Å². The van der Waals surface area contributed by atoms with Crippen molar-refractivity contribution in [2.24, 2.45) is 0 Å². The molecule has 104 valence electrons. The van der Waals surface area contributed by atoms with Crippen molar-refractivity contribution in [3.63, 3.8) is 0 Å². The van der Waals surface area contributed by atoms with Crippen molar-refractivity contribution in [1.29, 1.82) is 0 Å². The number of rotatable bonds is 6. The van der Waals surface area contributed by atoms with Crippen LogP contribution in [0.4, 0.5) is 5.69 Å². The summed E-state index contributed by atoms with van der Waals surface area (Å²) < 4.78 is 0.996. The second kappa shape index (κ2) is 7.46. The minimum absolute atomic E-state index is 0.00502. The van der Waals surface area contributed by atoms with Crippen LogP contribution in [0, 0.1) is 0 Å². The van der Waals surface area contributed by atoms with E-state index in [2.05, 4.69) is 32.7 Å². The lowest BCUT2D eigenvalue weighted by molar-refractivity contribution is -0.120. The number of benzene rings is 1. The molecular weight excluding hydrogens is 304 g/mol. The maximum atomic E-state index is 12.2. The van der Waals surface area contributed by atoms with E-state index >= 15 is 0 Å². The molecule has 0 aliphatic carbocycles. The lowest BCUT2D eigenvalue weighted by Gasteiger charge is -2.27. The average Bonchev–Trinajstić information content (AvgIpc) is 2.37. The highest BCUT2D eigenvalue weighted by Crippen LogP contribution is 2.15. The number of amides is 1. The van der Waals surface area contributed by atoms with Crippen LogP contribution in [0.2, 0.25) is 0 Å². The molecule has 1 unspecified atom stereocenters. The van der Waals surface area contributed by atoms with Crippen LogP contribution < -0.4 is 5.32 Å². The second-order valence-electron chi connectivity index (χ2n) is 4.69. The molecule has 1 atom stereocenters. The van der Waals surface area contributed by atoms with Crippen LogP contribution in [-0.2, 0) is 4.79 Å². The first-order valence-electron chi connectivity index (χ1n) is 6.39. The Bertz CT molecular complexity index is 442. The molecule has 1 N–H and O–H groups in total. The molecule has 0 heterocycles. The zero-order chi connectivity index (χ0) is 14.4. The van der Waals surface area contributed by atoms with Gasteiger partial charge in [-0.25, -0.2) is 0 Å². The highest BCUT2D eigenvalue weighted by atomic mass is 79.9. The van der Waals surface area contributed by atoms with E-state index < -0.39 is 0 Å². The molecule has 1 aromatic rings. The summed E-state index contributed by atoms with van der Waals surface area (Å²) >= 11 is 3.37. The van der Waals surface area contributed by atoms with Gasteiger partial charge in [-0.2, -0.15) is 0 Å². The van der Waals surface area contributed by atoms with Gasteiger partial charge in [0.05, 0.1) is 6.04 Å². The number of halogens is 1. The van der Waals surface area contributed by atoms with E-state index in [0.717, 1.165) is 28.8 Å². The van der Waals surface area contributed by atoms with Crippen LogP contribution in [-0.4, -0.2) is 29.9 Å². The summed E-state index contributed by atoms with van der Waals surface area (Å²) in [7, 11) is 0. The zero-order valence-corrected chi connectivity index (χ0v) is 13.3. The van der Waals surface area contributed by atoms with Crippen LogP contribution >= 0.6 is 15.9 Å². The van der Waals surface area contributed by atoms with E-state index in [1.54, 1.807) is 0 Å². The van der Waals surface area contributed by atoms with Gasteiger partial charge >= 0.3 is 0 Å². The summed E-state index contributed by atoms with van der Waals surface area (Å²) in [5, 5.41) is 2.93. The van der Waals surface area contributed by atoms with Crippen molar-refractivity contribution in [3.05, 3.63) is 40.9 Å². The fourth-order valence-corrected chi connectivity index (χ4v) is 2.08. The standard InChI is InChI=1S/C15H21BrN2O/c1-5-18(10-11(2)3)12(4)15(19)17-14-8-6-13(16)7-9-14/h6-9,12H,2,5,10H2,1,3-4H3,(H,17,19). The van der Waals surface area contributed by atoms with Gasteiger partial charge in [0, 0.05) is 16.7 Å². The van der Waals surface area contributed by atoms with Gasteiger partial charge in [-0.05, 0) is 44.7 Å². The summed E-state index contributed by atoms with van der Waals surface area (Å²) in [4.78, 5) is 14.3. The Morgan fingerprint density at radius 3 is 2.47 bits per heavy atom. The normalized spacial score (nSPS) is 12.3. The first-order valence-corrected chi connectivity index (χ1v) is 7.18. The summed E-state index contributed by atoms with van der Waals surface area (Å²) in [5.74, 6) is 0.00502. The predicted octanol–water partition coefficient (Wildman–Crippen LogP) is 3.67.